The molecule has 0 fully saturated rings. The number of methoxy groups -OCH3 is 1. The van der Waals surface area contributed by atoms with Crippen LogP contribution in [0.1, 0.15) is 41.5 Å². The number of hydrogen-bond donors (Lipinski definition) is 0. The lowest BCUT2D eigenvalue weighted by Crippen LogP contribution is -2.45. The Morgan fingerprint density at radius 2 is 1.50 bits per heavy atom. The smallest absolute Gasteiger partial charge is 0.319 e. The van der Waals surface area contributed by atoms with Crippen molar-refractivity contribution in [2.45, 2.75) is 41.5 Å². The van der Waals surface area contributed by atoms with E-state index in [1.54, 1.807) is 6.92 Å². The molecule has 3 nitrogen and oxygen atoms in total. The van der Waals surface area contributed by atoms with Gasteiger partial charge in [0, 0.05) is 37.2 Å². The van der Waals surface area contributed by atoms with Crippen molar-refractivity contribution in [1.29, 1.82) is 0 Å². The van der Waals surface area contributed by atoms with Crippen molar-refractivity contribution in [3.05, 3.63) is 0 Å². The summed E-state index contributed by atoms with van der Waals surface area (Å²) in [5, 5.41) is 0. The largest absolute Gasteiger partial charge is 0.468 e. The molecule has 0 aromatic rings. The van der Waals surface area contributed by atoms with Gasteiger partial charge in [-0.1, -0.05) is 27.7 Å². The van der Waals surface area contributed by atoms with Gasteiger partial charge in [-0.15, -0.1) is 0 Å². The van der Waals surface area contributed by atoms with Crippen LogP contribution in [0.5, 0.6) is 0 Å². The summed E-state index contributed by atoms with van der Waals surface area (Å²) in [6.45, 7) is 11.4. The van der Waals surface area contributed by atoms with Crippen LogP contribution in [0.15, 0.2) is 0 Å². The van der Waals surface area contributed by atoms with Gasteiger partial charge < -0.3 is 4.74 Å². The lowest BCUT2D eigenvalue weighted by Gasteiger charge is -2.36. The van der Waals surface area contributed by atoms with Crippen LogP contribution in [-0.4, -0.2) is 18.9 Å². The number of Topliss-reactive ketones (excluding diaryl/α,β-unsaturated/α-hetero) is 1. The second-order valence-corrected chi connectivity index (χ2v) is 5.14. The summed E-state index contributed by atoms with van der Waals surface area (Å²) in [5.41, 5.74) is -1.03. The van der Waals surface area contributed by atoms with Crippen LogP contribution in [0.4, 0.5) is 0 Å². The zero-order valence-electron chi connectivity index (χ0n) is 12.2. The molecular weight excluding hydrogens is 458 g/mol. The highest BCUT2D eigenvalue weighted by atomic mass is 128. The van der Waals surface area contributed by atoms with Crippen molar-refractivity contribution in [1.82, 2.24) is 0 Å². The van der Waals surface area contributed by atoms with Gasteiger partial charge in [-0.25, -0.2) is 0 Å². The minimum absolute atomic E-state index is 0.0301. The molecule has 108 valence electrons. The number of halogens is 2. The van der Waals surface area contributed by atoms with Crippen LogP contribution >= 0.6 is 37.2 Å². The SMILES string of the molecule is COC(=O)C(C)(C(C)=O)C(C)C(C)C(C)C.II. The van der Waals surface area contributed by atoms with Crippen molar-refractivity contribution >= 4 is 49.0 Å². The summed E-state index contributed by atoms with van der Waals surface area (Å²) in [6, 6.07) is 0. The van der Waals surface area contributed by atoms with Gasteiger partial charge in [0.05, 0.1) is 7.11 Å². The van der Waals surface area contributed by atoms with Gasteiger partial charge in [0.15, 0.2) is 0 Å². The normalized spacial score (nSPS) is 17.0. The Morgan fingerprint density at radius 3 is 1.72 bits per heavy atom. The van der Waals surface area contributed by atoms with E-state index >= 15 is 0 Å². The summed E-state index contributed by atoms with van der Waals surface area (Å²) >= 11 is 4.24. The predicted octanol–water partition coefficient (Wildman–Crippen LogP) is 4.45. The maximum absolute atomic E-state index is 11.8. The van der Waals surface area contributed by atoms with Crippen LogP contribution in [0.25, 0.3) is 0 Å². The third-order valence-electron chi connectivity index (χ3n) is 4.09. The van der Waals surface area contributed by atoms with E-state index < -0.39 is 11.4 Å². The van der Waals surface area contributed by atoms with Gasteiger partial charge in [0.2, 0.25) is 0 Å². The summed E-state index contributed by atoms with van der Waals surface area (Å²) < 4.78 is 4.77. The van der Waals surface area contributed by atoms with E-state index in [1.165, 1.54) is 14.0 Å². The number of ketones is 1. The van der Waals surface area contributed by atoms with E-state index in [0.29, 0.717) is 5.92 Å². The Balaban J connectivity index is 0. The summed E-state index contributed by atoms with van der Waals surface area (Å²) in [6.07, 6.45) is 0. The van der Waals surface area contributed by atoms with Crippen LogP contribution in [-0.2, 0) is 14.3 Å². The Bertz CT molecular complexity index is 279. The molecule has 0 spiro atoms. The van der Waals surface area contributed by atoms with Crippen molar-refractivity contribution in [3.63, 3.8) is 0 Å². The molecule has 0 aliphatic rings. The van der Waals surface area contributed by atoms with Gasteiger partial charge in [-0.3, -0.25) is 9.59 Å². The molecule has 0 heterocycles. The maximum Gasteiger partial charge on any atom is 0.319 e. The molecule has 5 heteroatoms. The van der Waals surface area contributed by atoms with Crippen LogP contribution in [0.2, 0.25) is 0 Å². The minimum Gasteiger partial charge on any atom is -0.468 e. The second kappa shape index (κ2) is 9.50. The summed E-state index contributed by atoms with van der Waals surface area (Å²) in [5.74, 6) is 0.128. The van der Waals surface area contributed by atoms with Crippen molar-refractivity contribution < 1.29 is 14.3 Å². The lowest BCUT2D eigenvalue weighted by molar-refractivity contribution is -0.161. The molecule has 3 atom stereocenters. The molecule has 0 aromatic heterocycles. The Morgan fingerprint density at radius 1 is 1.11 bits per heavy atom. The average molecular weight is 482 g/mol. The van der Waals surface area contributed by atoms with Crippen LogP contribution < -0.4 is 0 Å². The minimum atomic E-state index is -1.03. The fourth-order valence-corrected chi connectivity index (χ4v) is 1.97. The number of carbonyl (C=O) groups is 2. The average Bonchev–Trinajstić information content (AvgIpc) is 2.36. The van der Waals surface area contributed by atoms with Crippen LogP contribution in [0.3, 0.4) is 0 Å². The summed E-state index contributed by atoms with van der Waals surface area (Å²) in [4.78, 5) is 23.5. The molecule has 3 unspecified atom stereocenters. The first-order chi connectivity index (χ1) is 8.19. The monoisotopic (exact) mass is 482 g/mol. The van der Waals surface area contributed by atoms with Gasteiger partial charge >= 0.3 is 5.97 Å². The lowest BCUT2D eigenvalue weighted by atomic mass is 9.67. The number of esters is 1. The first-order valence-electron chi connectivity index (χ1n) is 5.93. The summed E-state index contributed by atoms with van der Waals surface area (Å²) in [7, 11) is 1.33. The fraction of sp³-hybridized carbons (Fsp3) is 0.846. The molecule has 0 amide bonds. The fourth-order valence-electron chi connectivity index (χ4n) is 1.97. The highest BCUT2D eigenvalue weighted by Gasteiger charge is 2.46. The quantitative estimate of drug-likeness (QED) is 0.331. The standard InChI is InChI=1S/C13H24O3.I2/c1-8(2)9(3)10(4)13(6,11(5)14)12(15)16-7;1-2/h8-10H,1-7H3;. The van der Waals surface area contributed by atoms with Crippen molar-refractivity contribution in [2.24, 2.45) is 23.2 Å². The predicted molar refractivity (Wildman–Crippen MR) is 92.0 cm³/mol. The number of ether oxygens (including phenoxy) is 1. The van der Waals surface area contributed by atoms with E-state index in [4.69, 9.17) is 4.74 Å². The molecule has 0 aliphatic heterocycles. The Labute approximate surface area is 134 Å². The van der Waals surface area contributed by atoms with E-state index in [9.17, 15) is 9.59 Å². The molecular formula is C13H24I2O3. The zero-order chi connectivity index (χ0) is 15.1. The van der Waals surface area contributed by atoms with Gasteiger partial charge in [-0.2, -0.15) is 0 Å². The van der Waals surface area contributed by atoms with Gasteiger partial charge in [-0.05, 0) is 31.6 Å². The van der Waals surface area contributed by atoms with Crippen molar-refractivity contribution in [2.75, 3.05) is 7.11 Å². The maximum atomic E-state index is 11.8. The van der Waals surface area contributed by atoms with Gasteiger partial charge in [0.1, 0.15) is 11.2 Å². The molecule has 0 aromatic carbocycles. The first kappa shape index (κ1) is 20.9. The molecule has 0 radical (unpaired) electrons. The van der Waals surface area contributed by atoms with E-state index in [-0.39, 0.29) is 17.6 Å². The van der Waals surface area contributed by atoms with Crippen LogP contribution in [0, 0.1) is 23.2 Å². The molecule has 0 aliphatic carbocycles. The third kappa shape index (κ3) is 4.94. The number of carbonyl (C=O) groups excluding carboxylic acids is 2. The highest BCUT2D eigenvalue weighted by molar-refractivity contribution is 15.0. The van der Waals surface area contributed by atoms with E-state index in [1.807, 2.05) is 6.92 Å². The van der Waals surface area contributed by atoms with E-state index in [2.05, 4.69) is 58.0 Å². The highest BCUT2D eigenvalue weighted by Crippen LogP contribution is 2.37. The topological polar surface area (TPSA) is 43.4 Å². The van der Waals surface area contributed by atoms with Crippen molar-refractivity contribution in [3.8, 4) is 0 Å². The third-order valence-corrected chi connectivity index (χ3v) is 4.09. The first-order valence-corrected chi connectivity index (χ1v) is 12.2. The number of rotatable bonds is 5. The second-order valence-electron chi connectivity index (χ2n) is 5.14. The number of hydrogen-bond acceptors (Lipinski definition) is 3. The van der Waals surface area contributed by atoms with Gasteiger partial charge in [0.25, 0.3) is 0 Å². The molecule has 18 heavy (non-hydrogen) atoms. The molecule has 0 saturated carbocycles. The Kier molecular flexibility index (Phi) is 11.0. The molecule has 0 N–H and O–H groups in total. The van der Waals surface area contributed by atoms with E-state index in [0.717, 1.165) is 0 Å². The molecule has 0 saturated heterocycles. The molecule has 0 bridgehead atoms. The zero-order valence-corrected chi connectivity index (χ0v) is 16.5. The molecule has 0 rings (SSSR count). The Hall–Kier alpha value is 0.600.